The maximum absolute atomic E-state index is 12.5. The van der Waals surface area contributed by atoms with E-state index in [-0.39, 0.29) is 6.54 Å². The van der Waals surface area contributed by atoms with Crippen molar-refractivity contribution in [3.63, 3.8) is 0 Å². The number of alkyl halides is 3. The Balaban J connectivity index is 1.90. The number of nitrogens with zero attached hydrogens (tertiary/aromatic N) is 4. The fourth-order valence-electron chi connectivity index (χ4n) is 2.17. The van der Waals surface area contributed by atoms with Crippen LogP contribution in [0.15, 0.2) is 18.5 Å². The summed E-state index contributed by atoms with van der Waals surface area (Å²) in [5.74, 6) is 0. The quantitative estimate of drug-likeness (QED) is 0.784. The molecule has 1 fully saturated rings. The largest absolute Gasteiger partial charge is 0.419 e. The van der Waals surface area contributed by atoms with Crippen molar-refractivity contribution in [3.05, 3.63) is 24.0 Å². The molecule has 2 bridgehead atoms. The second-order valence-electron chi connectivity index (χ2n) is 4.40. The number of amides is 2. The van der Waals surface area contributed by atoms with Gasteiger partial charge in [0, 0.05) is 12.7 Å². The van der Waals surface area contributed by atoms with Gasteiger partial charge in [-0.3, -0.25) is 5.21 Å². The van der Waals surface area contributed by atoms with Crippen molar-refractivity contribution in [1.82, 2.24) is 19.7 Å². The lowest BCUT2D eigenvalue weighted by Gasteiger charge is -2.20. The topological polar surface area (TPSA) is 61.6 Å². The van der Waals surface area contributed by atoms with E-state index in [1.165, 1.54) is 11.0 Å². The molecule has 1 aromatic rings. The maximum Gasteiger partial charge on any atom is 0.419 e. The van der Waals surface area contributed by atoms with Gasteiger partial charge in [-0.05, 0) is 6.08 Å². The number of halogens is 3. The molecular formula is C10H9F3N4O2. The van der Waals surface area contributed by atoms with E-state index in [1.807, 2.05) is 0 Å². The van der Waals surface area contributed by atoms with Crippen LogP contribution < -0.4 is 0 Å². The molecule has 1 saturated heterocycles. The summed E-state index contributed by atoms with van der Waals surface area (Å²) in [6, 6.07) is -1.10. The third kappa shape index (κ3) is 1.86. The second-order valence-corrected chi connectivity index (χ2v) is 4.40. The van der Waals surface area contributed by atoms with Crippen molar-refractivity contribution in [2.24, 2.45) is 0 Å². The Morgan fingerprint density at radius 1 is 1.42 bits per heavy atom. The molecule has 0 radical (unpaired) electrons. The fraction of sp³-hybridized carbons (Fsp3) is 0.400. The summed E-state index contributed by atoms with van der Waals surface area (Å²) >= 11 is 0. The van der Waals surface area contributed by atoms with Crippen LogP contribution in [0.2, 0.25) is 0 Å². The van der Waals surface area contributed by atoms with Crippen LogP contribution in [0.5, 0.6) is 0 Å². The molecule has 102 valence electrons. The number of hydroxylamine groups is 2. The van der Waals surface area contributed by atoms with Gasteiger partial charge in [0.25, 0.3) is 0 Å². The molecule has 0 aliphatic carbocycles. The molecule has 2 aliphatic rings. The van der Waals surface area contributed by atoms with Crippen LogP contribution in [0.25, 0.3) is 5.70 Å². The first-order valence-electron chi connectivity index (χ1n) is 5.46. The van der Waals surface area contributed by atoms with Crippen LogP contribution >= 0.6 is 0 Å². The van der Waals surface area contributed by atoms with Gasteiger partial charge in [-0.1, -0.05) is 0 Å². The van der Waals surface area contributed by atoms with Crippen LogP contribution in [0, 0.1) is 0 Å². The molecule has 1 aromatic heterocycles. The van der Waals surface area contributed by atoms with E-state index in [2.05, 4.69) is 5.10 Å². The van der Waals surface area contributed by atoms with Gasteiger partial charge in [0.15, 0.2) is 0 Å². The monoisotopic (exact) mass is 274 g/mol. The molecule has 0 spiro atoms. The molecular weight excluding hydrogens is 265 g/mol. The van der Waals surface area contributed by atoms with E-state index in [9.17, 15) is 23.2 Å². The molecule has 1 N–H and O–H groups in total. The minimum atomic E-state index is -4.45. The third-order valence-corrected chi connectivity index (χ3v) is 3.13. The summed E-state index contributed by atoms with van der Waals surface area (Å²) in [4.78, 5) is 12.8. The van der Waals surface area contributed by atoms with Crippen molar-refractivity contribution in [2.75, 3.05) is 13.1 Å². The predicted octanol–water partition coefficient (Wildman–Crippen LogP) is 1.25. The van der Waals surface area contributed by atoms with Crippen molar-refractivity contribution < 1.29 is 23.2 Å². The van der Waals surface area contributed by atoms with E-state index in [0.717, 1.165) is 17.1 Å². The number of carbonyl (C=O) groups excluding carboxylic acids is 1. The first-order valence-corrected chi connectivity index (χ1v) is 5.46. The zero-order valence-electron chi connectivity index (χ0n) is 9.50. The Hall–Kier alpha value is -2.03. The van der Waals surface area contributed by atoms with Gasteiger partial charge in [0.2, 0.25) is 0 Å². The minimum absolute atomic E-state index is 0.116. The zero-order chi connectivity index (χ0) is 13.8. The number of urea groups is 1. The number of rotatable bonds is 1. The van der Waals surface area contributed by atoms with E-state index >= 15 is 0 Å². The standard InChI is InChI=1S/C10H9F3N4O2/c11-10(12,13)6-2-14-16(3-6)7-1-8-5-15(4-7)9(18)17(8)19/h1-3,8,19H,4-5H2. The highest BCUT2D eigenvalue weighted by molar-refractivity contribution is 5.79. The lowest BCUT2D eigenvalue weighted by atomic mass is 10.2. The molecule has 2 amide bonds. The van der Waals surface area contributed by atoms with Crippen LogP contribution in [0.3, 0.4) is 0 Å². The molecule has 2 aliphatic heterocycles. The Labute approximate surface area is 105 Å². The molecule has 1 unspecified atom stereocenters. The predicted molar refractivity (Wildman–Crippen MR) is 55.9 cm³/mol. The van der Waals surface area contributed by atoms with E-state index in [1.54, 1.807) is 0 Å². The van der Waals surface area contributed by atoms with Gasteiger partial charge in [-0.15, -0.1) is 0 Å². The Bertz CT molecular complexity index is 565. The minimum Gasteiger partial charge on any atom is -0.314 e. The Kier molecular flexibility index (Phi) is 2.36. The average Bonchev–Trinajstić information content (AvgIpc) is 2.91. The maximum atomic E-state index is 12.5. The van der Waals surface area contributed by atoms with Gasteiger partial charge in [-0.2, -0.15) is 23.3 Å². The first kappa shape index (κ1) is 12.0. The van der Waals surface area contributed by atoms with E-state index in [4.69, 9.17) is 0 Å². The van der Waals surface area contributed by atoms with Crippen molar-refractivity contribution in [1.29, 1.82) is 0 Å². The van der Waals surface area contributed by atoms with E-state index < -0.39 is 23.8 Å². The highest BCUT2D eigenvalue weighted by Gasteiger charge is 2.40. The Morgan fingerprint density at radius 3 is 2.74 bits per heavy atom. The van der Waals surface area contributed by atoms with Crippen molar-refractivity contribution in [2.45, 2.75) is 12.2 Å². The van der Waals surface area contributed by atoms with Crippen LogP contribution in [-0.4, -0.2) is 50.1 Å². The van der Waals surface area contributed by atoms with Gasteiger partial charge >= 0.3 is 12.2 Å². The first-order chi connectivity index (χ1) is 8.86. The highest BCUT2D eigenvalue weighted by atomic mass is 19.4. The third-order valence-electron chi connectivity index (χ3n) is 3.13. The van der Waals surface area contributed by atoms with Gasteiger partial charge < -0.3 is 4.90 Å². The summed E-state index contributed by atoms with van der Waals surface area (Å²) in [6.07, 6.45) is -1.32. The van der Waals surface area contributed by atoms with Crippen molar-refractivity contribution >= 4 is 11.7 Å². The average molecular weight is 274 g/mol. The fourth-order valence-corrected chi connectivity index (χ4v) is 2.17. The van der Waals surface area contributed by atoms with Gasteiger partial charge in [0.05, 0.1) is 30.0 Å². The molecule has 1 atom stereocenters. The summed E-state index contributed by atoms with van der Waals surface area (Å²) in [5, 5.41) is 13.7. The summed E-state index contributed by atoms with van der Waals surface area (Å²) in [6.45, 7) is 0.442. The smallest absolute Gasteiger partial charge is 0.314 e. The number of fused-ring (bicyclic) bond motifs is 2. The normalized spacial score (nSPS) is 23.1. The van der Waals surface area contributed by atoms with Crippen LogP contribution in [-0.2, 0) is 6.18 Å². The second kappa shape index (κ2) is 3.73. The Morgan fingerprint density at radius 2 is 2.16 bits per heavy atom. The highest BCUT2D eigenvalue weighted by Crippen LogP contribution is 2.30. The number of hydrogen-bond acceptors (Lipinski definition) is 3. The summed E-state index contributed by atoms with van der Waals surface area (Å²) in [5.41, 5.74) is -0.426. The molecule has 19 heavy (non-hydrogen) atoms. The van der Waals surface area contributed by atoms with Gasteiger partial charge in [0.1, 0.15) is 0 Å². The van der Waals surface area contributed by atoms with E-state index in [0.29, 0.717) is 17.3 Å². The summed E-state index contributed by atoms with van der Waals surface area (Å²) in [7, 11) is 0. The molecule has 9 heteroatoms. The summed E-state index contributed by atoms with van der Waals surface area (Å²) < 4.78 is 38.5. The number of aromatic nitrogens is 2. The molecule has 0 saturated carbocycles. The lowest BCUT2D eigenvalue weighted by Crippen LogP contribution is -2.31. The molecule has 3 rings (SSSR count). The molecule has 3 heterocycles. The van der Waals surface area contributed by atoms with Crippen molar-refractivity contribution in [3.8, 4) is 0 Å². The van der Waals surface area contributed by atoms with Crippen LogP contribution in [0.4, 0.5) is 18.0 Å². The van der Waals surface area contributed by atoms with Crippen LogP contribution in [0.1, 0.15) is 5.56 Å². The van der Waals surface area contributed by atoms with Gasteiger partial charge in [-0.25, -0.2) is 9.48 Å². The SMILES string of the molecule is O=C1N2CC(n3cc(C(F)(F)F)cn3)=CC(C2)N1O. The number of carbonyl (C=O) groups is 1. The molecule has 0 aromatic carbocycles. The number of hydrogen-bond donors (Lipinski definition) is 1. The zero-order valence-corrected chi connectivity index (χ0v) is 9.50. The lowest BCUT2D eigenvalue weighted by molar-refractivity contribution is -0.137. The molecule has 6 nitrogen and oxygen atoms in total.